The van der Waals surface area contributed by atoms with Crippen LogP contribution in [0.3, 0.4) is 0 Å². The van der Waals surface area contributed by atoms with E-state index >= 15 is 0 Å². The number of nitrogens with zero attached hydrogens (tertiary/aromatic N) is 2. The van der Waals surface area contributed by atoms with E-state index in [9.17, 15) is 18.0 Å². The van der Waals surface area contributed by atoms with Gasteiger partial charge < -0.3 is 15.4 Å². The highest BCUT2D eigenvalue weighted by Gasteiger charge is 2.29. The number of esters is 1. The molecule has 2 N–H and O–H groups in total. The Bertz CT molecular complexity index is 870. The van der Waals surface area contributed by atoms with Gasteiger partial charge in [-0.2, -0.15) is 13.2 Å². The van der Waals surface area contributed by atoms with Crippen molar-refractivity contribution < 1.29 is 22.7 Å². The minimum atomic E-state index is -4.35. The molecule has 11 heteroatoms. The largest absolute Gasteiger partial charge is 0.462 e. The van der Waals surface area contributed by atoms with Gasteiger partial charge in [0.1, 0.15) is 9.88 Å². The van der Waals surface area contributed by atoms with Crippen molar-refractivity contribution in [3.8, 4) is 0 Å². The first-order chi connectivity index (χ1) is 13.7. The summed E-state index contributed by atoms with van der Waals surface area (Å²) in [4.78, 5) is 20.9. The number of rotatable bonds is 6. The van der Waals surface area contributed by atoms with Crippen LogP contribution in [0.4, 0.5) is 13.2 Å². The molecule has 0 aliphatic carbocycles. The second kappa shape index (κ2) is 11.5. The lowest BCUT2D eigenvalue weighted by Crippen LogP contribution is -2.38. The Balaban J connectivity index is 0.00000450. The number of aromatic nitrogens is 1. The van der Waals surface area contributed by atoms with Gasteiger partial charge >= 0.3 is 12.1 Å². The number of halogens is 4. The van der Waals surface area contributed by atoms with Crippen LogP contribution >= 0.6 is 35.3 Å². The molecule has 0 radical (unpaired) electrons. The molecule has 0 fully saturated rings. The zero-order valence-corrected chi connectivity index (χ0v) is 20.1. The van der Waals surface area contributed by atoms with E-state index in [4.69, 9.17) is 4.74 Å². The molecule has 0 amide bonds. The van der Waals surface area contributed by atoms with Gasteiger partial charge in [-0.05, 0) is 38.5 Å². The predicted molar refractivity (Wildman–Crippen MR) is 121 cm³/mol. The van der Waals surface area contributed by atoms with E-state index in [0.29, 0.717) is 40.3 Å². The van der Waals surface area contributed by atoms with Gasteiger partial charge in [0.25, 0.3) is 0 Å². The van der Waals surface area contributed by atoms with E-state index in [-0.39, 0.29) is 30.0 Å². The third kappa shape index (κ3) is 7.11. The lowest BCUT2D eigenvalue weighted by molar-refractivity contribution is -0.137. The van der Waals surface area contributed by atoms with Gasteiger partial charge in [-0.1, -0.05) is 12.1 Å². The lowest BCUT2D eigenvalue weighted by Gasteiger charge is -2.16. The van der Waals surface area contributed by atoms with Gasteiger partial charge in [0.05, 0.1) is 23.9 Å². The van der Waals surface area contributed by atoms with E-state index in [0.717, 1.165) is 12.1 Å². The molecule has 6 nitrogen and oxygen atoms in total. The van der Waals surface area contributed by atoms with Gasteiger partial charge in [0.2, 0.25) is 0 Å². The molecule has 1 unspecified atom stereocenters. The molecule has 30 heavy (non-hydrogen) atoms. The number of benzene rings is 1. The molecule has 1 atom stereocenters. The summed E-state index contributed by atoms with van der Waals surface area (Å²) >= 11 is 1.25. The van der Waals surface area contributed by atoms with Crippen molar-refractivity contribution in [3.63, 3.8) is 0 Å². The Morgan fingerprint density at radius 3 is 2.47 bits per heavy atom. The average molecular weight is 556 g/mol. The zero-order valence-electron chi connectivity index (χ0n) is 17.0. The highest BCUT2D eigenvalue weighted by molar-refractivity contribution is 14.0. The highest BCUT2D eigenvalue weighted by atomic mass is 127. The molecule has 1 heterocycles. The monoisotopic (exact) mass is 556 g/mol. The number of hydrogen-bond donors (Lipinski definition) is 2. The number of thiazole rings is 1. The standard InChI is InChI=1S/C19H23F3N4O2S.HI/c1-5-28-17(27)15-11(2)25-16(29-15)12(3)26-18(23-4)24-10-13-6-8-14(9-7-13)19(20,21)22;/h6-9,12H,5,10H2,1-4H3,(H2,23,24,26);1H. The molecule has 0 aliphatic rings. The number of hydrogen-bond acceptors (Lipinski definition) is 5. The molecule has 0 bridgehead atoms. The maximum Gasteiger partial charge on any atom is 0.416 e. The van der Waals surface area contributed by atoms with E-state index in [1.165, 1.54) is 23.5 Å². The predicted octanol–water partition coefficient (Wildman–Crippen LogP) is 4.69. The summed E-state index contributed by atoms with van der Waals surface area (Å²) in [5, 5.41) is 6.90. The molecular formula is C19H24F3IN4O2S. The summed E-state index contributed by atoms with van der Waals surface area (Å²) in [6, 6.07) is 4.70. The minimum Gasteiger partial charge on any atom is -0.462 e. The molecule has 0 saturated carbocycles. The van der Waals surface area contributed by atoms with Crippen LogP contribution in [-0.2, 0) is 17.5 Å². The Morgan fingerprint density at radius 1 is 1.30 bits per heavy atom. The molecule has 0 spiro atoms. The van der Waals surface area contributed by atoms with Crippen molar-refractivity contribution in [2.24, 2.45) is 4.99 Å². The lowest BCUT2D eigenvalue weighted by atomic mass is 10.1. The van der Waals surface area contributed by atoms with E-state index in [1.807, 2.05) is 6.92 Å². The topological polar surface area (TPSA) is 75.6 Å². The van der Waals surface area contributed by atoms with Crippen molar-refractivity contribution in [1.29, 1.82) is 0 Å². The van der Waals surface area contributed by atoms with Crippen LogP contribution in [0.2, 0.25) is 0 Å². The molecular weight excluding hydrogens is 532 g/mol. The first-order valence-electron chi connectivity index (χ1n) is 8.93. The Kier molecular flexibility index (Phi) is 10.0. The van der Waals surface area contributed by atoms with Gasteiger partial charge in [0.15, 0.2) is 5.96 Å². The number of ether oxygens (including phenoxy) is 1. The van der Waals surface area contributed by atoms with Crippen molar-refractivity contribution in [1.82, 2.24) is 15.6 Å². The van der Waals surface area contributed by atoms with Gasteiger partial charge in [0, 0.05) is 13.6 Å². The number of guanidine groups is 1. The Labute approximate surface area is 194 Å². The summed E-state index contributed by atoms with van der Waals surface area (Å²) in [5.74, 6) is 0.0636. The normalized spacial score (nSPS) is 12.7. The average Bonchev–Trinajstić information content (AvgIpc) is 3.06. The number of alkyl halides is 3. The second-order valence-corrected chi connectivity index (χ2v) is 7.20. The molecule has 0 saturated heterocycles. The Morgan fingerprint density at radius 2 is 1.93 bits per heavy atom. The first kappa shape index (κ1) is 26.1. The number of carbonyl (C=O) groups is 1. The van der Waals surface area contributed by atoms with Crippen LogP contribution in [0.5, 0.6) is 0 Å². The van der Waals surface area contributed by atoms with Crippen LogP contribution in [0, 0.1) is 6.92 Å². The summed E-state index contributed by atoms with van der Waals surface area (Å²) in [6.45, 7) is 5.95. The first-order valence-corrected chi connectivity index (χ1v) is 9.75. The van der Waals surface area contributed by atoms with Crippen LogP contribution in [0.25, 0.3) is 0 Å². The quantitative estimate of drug-likeness (QED) is 0.234. The molecule has 1 aromatic heterocycles. The maximum absolute atomic E-state index is 12.6. The molecule has 1 aromatic carbocycles. The number of nitrogens with one attached hydrogen (secondary N) is 2. The van der Waals surface area contributed by atoms with Crippen LogP contribution in [0.1, 0.15) is 51.4 Å². The maximum atomic E-state index is 12.6. The van der Waals surface area contributed by atoms with Crippen molar-refractivity contribution in [3.05, 3.63) is 51.0 Å². The smallest absolute Gasteiger partial charge is 0.416 e. The fourth-order valence-corrected chi connectivity index (χ4v) is 3.41. The number of aliphatic imine (C=N–C) groups is 1. The molecule has 166 valence electrons. The van der Waals surface area contributed by atoms with Crippen LogP contribution in [0.15, 0.2) is 29.3 Å². The molecule has 2 rings (SSSR count). The SMILES string of the molecule is CCOC(=O)c1sc(C(C)NC(=NC)NCc2ccc(C(F)(F)F)cc2)nc1C.I. The fraction of sp³-hybridized carbons (Fsp3) is 0.421. The van der Waals surface area contributed by atoms with Gasteiger partial charge in [-0.25, -0.2) is 9.78 Å². The van der Waals surface area contributed by atoms with Gasteiger partial charge in [-0.15, -0.1) is 35.3 Å². The number of carbonyl (C=O) groups excluding carboxylic acids is 1. The summed E-state index contributed by atoms with van der Waals surface area (Å²) < 4.78 is 42.9. The number of aryl methyl sites for hydroxylation is 1. The van der Waals surface area contributed by atoms with Gasteiger partial charge in [-0.3, -0.25) is 4.99 Å². The summed E-state index contributed by atoms with van der Waals surface area (Å²) in [6.07, 6.45) is -4.35. The van der Waals surface area contributed by atoms with Crippen LogP contribution < -0.4 is 10.6 Å². The van der Waals surface area contributed by atoms with E-state index in [2.05, 4.69) is 20.6 Å². The van der Waals surface area contributed by atoms with Crippen molar-refractivity contribution in [2.75, 3.05) is 13.7 Å². The summed E-state index contributed by atoms with van der Waals surface area (Å²) in [5.41, 5.74) is 0.599. The van der Waals surface area contributed by atoms with E-state index in [1.54, 1.807) is 20.9 Å². The Hall–Kier alpha value is -1.89. The highest BCUT2D eigenvalue weighted by Crippen LogP contribution is 2.29. The van der Waals surface area contributed by atoms with Crippen molar-refractivity contribution >= 4 is 47.2 Å². The minimum absolute atomic E-state index is 0. The third-order valence-corrected chi connectivity index (χ3v) is 5.28. The van der Waals surface area contributed by atoms with Crippen molar-refractivity contribution in [2.45, 2.75) is 39.5 Å². The molecule has 0 aliphatic heterocycles. The third-order valence-electron chi connectivity index (χ3n) is 3.96. The fourth-order valence-electron chi connectivity index (χ4n) is 2.45. The molecule has 2 aromatic rings. The van der Waals surface area contributed by atoms with E-state index < -0.39 is 17.7 Å². The second-order valence-electron chi connectivity index (χ2n) is 6.17. The van der Waals surface area contributed by atoms with Crippen LogP contribution in [-0.4, -0.2) is 30.6 Å². The zero-order chi connectivity index (χ0) is 21.6. The summed E-state index contributed by atoms with van der Waals surface area (Å²) in [7, 11) is 1.59.